The van der Waals surface area contributed by atoms with Crippen molar-refractivity contribution in [2.45, 2.75) is 33.6 Å². The number of ether oxygens (including phenoxy) is 1. The van der Waals surface area contributed by atoms with Crippen LogP contribution in [0.4, 0.5) is 10.5 Å². The molecular weight excluding hydrogens is 264 g/mol. The summed E-state index contributed by atoms with van der Waals surface area (Å²) in [7, 11) is 0. The number of carbonyl (C=O) groups is 1. The molecule has 0 spiro atoms. The fraction of sp³-hybridized carbons (Fsp3) is 0.588. The number of hydrogen-bond acceptors (Lipinski definition) is 3. The van der Waals surface area contributed by atoms with Gasteiger partial charge in [0.15, 0.2) is 0 Å². The Hall–Kier alpha value is -1.55. The molecule has 0 saturated carbocycles. The van der Waals surface area contributed by atoms with Crippen LogP contribution in [0.2, 0.25) is 0 Å². The number of nitrogens with one attached hydrogen (secondary N) is 1. The molecule has 1 aromatic rings. The van der Waals surface area contributed by atoms with Crippen LogP contribution in [0.25, 0.3) is 0 Å². The van der Waals surface area contributed by atoms with Gasteiger partial charge in [-0.1, -0.05) is 25.1 Å². The van der Waals surface area contributed by atoms with E-state index in [0.717, 1.165) is 36.3 Å². The summed E-state index contributed by atoms with van der Waals surface area (Å²) in [6, 6.07) is 5.97. The Balaban J connectivity index is 1.82. The van der Waals surface area contributed by atoms with E-state index >= 15 is 0 Å². The van der Waals surface area contributed by atoms with Gasteiger partial charge in [0.2, 0.25) is 0 Å². The van der Waals surface area contributed by atoms with Crippen LogP contribution < -0.4 is 5.32 Å². The molecular formula is C17H26N2O2. The van der Waals surface area contributed by atoms with Gasteiger partial charge in [-0.25, -0.2) is 4.79 Å². The van der Waals surface area contributed by atoms with Crippen LogP contribution in [-0.2, 0) is 4.74 Å². The van der Waals surface area contributed by atoms with Crippen LogP contribution in [0.5, 0.6) is 0 Å². The summed E-state index contributed by atoms with van der Waals surface area (Å²) < 4.78 is 5.41. The largest absolute Gasteiger partial charge is 0.449 e. The molecule has 0 aromatic heterocycles. The highest BCUT2D eigenvalue weighted by atomic mass is 16.5. The Bertz CT molecular complexity index is 467. The van der Waals surface area contributed by atoms with Gasteiger partial charge in [-0.2, -0.15) is 0 Å². The Kier molecular flexibility index (Phi) is 5.62. The highest BCUT2D eigenvalue weighted by Gasteiger charge is 2.20. The van der Waals surface area contributed by atoms with Gasteiger partial charge in [0.1, 0.15) is 0 Å². The zero-order chi connectivity index (χ0) is 15.2. The predicted octanol–water partition coefficient (Wildman–Crippen LogP) is 3.58. The molecule has 2 rings (SSSR count). The number of amides is 1. The van der Waals surface area contributed by atoms with Crippen LogP contribution >= 0.6 is 0 Å². The van der Waals surface area contributed by atoms with Crippen molar-refractivity contribution in [1.29, 1.82) is 0 Å². The minimum Gasteiger partial charge on any atom is -0.449 e. The van der Waals surface area contributed by atoms with E-state index in [9.17, 15) is 4.79 Å². The molecule has 1 heterocycles. The van der Waals surface area contributed by atoms with Crippen molar-refractivity contribution in [3.63, 3.8) is 0 Å². The second kappa shape index (κ2) is 7.46. The maximum Gasteiger partial charge on any atom is 0.411 e. The predicted molar refractivity (Wildman–Crippen MR) is 85.7 cm³/mol. The Morgan fingerprint density at radius 1 is 1.38 bits per heavy atom. The van der Waals surface area contributed by atoms with E-state index < -0.39 is 0 Å². The summed E-state index contributed by atoms with van der Waals surface area (Å²) in [5.41, 5.74) is 2.98. The molecule has 1 aliphatic heterocycles. The maximum absolute atomic E-state index is 12.0. The number of para-hydroxylation sites is 1. The van der Waals surface area contributed by atoms with Gasteiger partial charge in [-0.05, 0) is 50.9 Å². The lowest BCUT2D eigenvalue weighted by Gasteiger charge is -2.31. The van der Waals surface area contributed by atoms with E-state index in [1.165, 1.54) is 13.0 Å². The minimum absolute atomic E-state index is 0.346. The molecule has 0 radical (unpaired) electrons. The second-order valence-electron chi connectivity index (χ2n) is 5.89. The first-order valence-electron chi connectivity index (χ1n) is 7.82. The average Bonchev–Trinajstić information content (AvgIpc) is 2.49. The van der Waals surface area contributed by atoms with E-state index in [1.54, 1.807) is 0 Å². The summed E-state index contributed by atoms with van der Waals surface area (Å²) in [5, 5.41) is 2.87. The summed E-state index contributed by atoms with van der Waals surface area (Å²) >= 11 is 0. The Morgan fingerprint density at radius 3 is 2.76 bits per heavy atom. The molecule has 116 valence electrons. The van der Waals surface area contributed by atoms with E-state index in [4.69, 9.17) is 4.74 Å². The molecule has 1 aromatic carbocycles. The van der Waals surface area contributed by atoms with Crippen molar-refractivity contribution in [3.05, 3.63) is 29.3 Å². The highest BCUT2D eigenvalue weighted by molar-refractivity contribution is 5.86. The van der Waals surface area contributed by atoms with Crippen molar-refractivity contribution < 1.29 is 9.53 Å². The van der Waals surface area contributed by atoms with E-state index in [2.05, 4.69) is 17.1 Å². The maximum atomic E-state index is 12.0. The number of piperidine rings is 1. The molecule has 0 bridgehead atoms. The number of likely N-dealkylation sites (tertiary alicyclic amines) is 1. The number of benzene rings is 1. The molecule has 4 nitrogen and oxygen atoms in total. The summed E-state index contributed by atoms with van der Waals surface area (Å²) in [5.74, 6) is 0.461. The van der Waals surface area contributed by atoms with E-state index in [1.807, 2.05) is 32.0 Å². The number of carbonyl (C=O) groups excluding carboxylic acids is 1. The Labute approximate surface area is 127 Å². The summed E-state index contributed by atoms with van der Waals surface area (Å²) in [4.78, 5) is 14.4. The first-order valence-corrected chi connectivity index (χ1v) is 7.82. The third-order valence-electron chi connectivity index (χ3n) is 4.21. The fourth-order valence-electron chi connectivity index (χ4n) is 2.92. The van der Waals surface area contributed by atoms with Crippen LogP contribution in [0.3, 0.4) is 0 Å². The number of hydrogen-bond donors (Lipinski definition) is 1. The molecule has 1 atom stereocenters. The molecule has 1 N–H and O–H groups in total. The molecule has 1 unspecified atom stereocenters. The van der Waals surface area contributed by atoms with Crippen LogP contribution in [-0.4, -0.2) is 37.2 Å². The van der Waals surface area contributed by atoms with Gasteiger partial charge >= 0.3 is 6.09 Å². The molecule has 1 aliphatic rings. The smallest absolute Gasteiger partial charge is 0.411 e. The van der Waals surface area contributed by atoms with Gasteiger partial charge in [-0.15, -0.1) is 0 Å². The quantitative estimate of drug-likeness (QED) is 0.921. The number of aryl methyl sites for hydroxylation is 2. The number of rotatable bonds is 4. The SMILES string of the molecule is CCN1CCCC(COC(=O)Nc2c(C)cccc2C)C1. The average molecular weight is 290 g/mol. The van der Waals surface area contributed by atoms with Crippen molar-refractivity contribution in [2.24, 2.45) is 5.92 Å². The van der Waals surface area contributed by atoms with Crippen LogP contribution in [0.15, 0.2) is 18.2 Å². The standard InChI is InChI=1S/C17H26N2O2/c1-4-19-10-6-9-15(11-19)12-21-17(20)18-16-13(2)7-5-8-14(16)3/h5,7-8,15H,4,6,9-12H2,1-3H3,(H,18,20). The highest BCUT2D eigenvalue weighted by Crippen LogP contribution is 2.20. The van der Waals surface area contributed by atoms with Crippen molar-refractivity contribution in [2.75, 3.05) is 31.6 Å². The molecule has 1 amide bonds. The molecule has 21 heavy (non-hydrogen) atoms. The molecule has 4 heteroatoms. The van der Waals surface area contributed by atoms with Crippen LogP contribution in [0, 0.1) is 19.8 Å². The lowest BCUT2D eigenvalue weighted by Crippen LogP contribution is -2.37. The summed E-state index contributed by atoms with van der Waals surface area (Å²) in [6.45, 7) is 9.94. The molecule has 1 saturated heterocycles. The van der Waals surface area contributed by atoms with Crippen molar-refractivity contribution in [3.8, 4) is 0 Å². The number of nitrogens with zero attached hydrogens (tertiary/aromatic N) is 1. The van der Waals surface area contributed by atoms with E-state index in [-0.39, 0.29) is 6.09 Å². The topological polar surface area (TPSA) is 41.6 Å². The Morgan fingerprint density at radius 2 is 2.10 bits per heavy atom. The van der Waals surface area contributed by atoms with Gasteiger partial charge in [0.05, 0.1) is 6.61 Å². The third kappa shape index (κ3) is 4.46. The second-order valence-corrected chi connectivity index (χ2v) is 5.89. The lowest BCUT2D eigenvalue weighted by molar-refractivity contribution is 0.0997. The molecule has 1 fully saturated rings. The monoisotopic (exact) mass is 290 g/mol. The zero-order valence-electron chi connectivity index (χ0n) is 13.3. The zero-order valence-corrected chi connectivity index (χ0v) is 13.3. The normalized spacial score (nSPS) is 19.3. The first kappa shape index (κ1) is 15.8. The number of anilines is 1. The van der Waals surface area contributed by atoms with Gasteiger partial charge < -0.3 is 9.64 Å². The molecule has 0 aliphatic carbocycles. The van der Waals surface area contributed by atoms with Gasteiger partial charge in [0.25, 0.3) is 0 Å². The third-order valence-corrected chi connectivity index (χ3v) is 4.21. The van der Waals surface area contributed by atoms with Crippen LogP contribution in [0.1, 0.15) is 30.9 Å². The fourth-order valence-corrected chi connectivity index (χ4v) is 2.92. The van der Waals surface area contributed by atoms with Gasteiger partial charge in [0, 0.05) is 18.2 Å². The lowest BCUT2D eigenvalue weighted by atomic mass is 9.99. The van der Waals surface area contributed by atoms with Crippen molar-refractivity contribution in [1.82, 2.24) is 4.90 Å². The van der Waals surface area contributed by atoms with Crippen molar-refractivity contribution >= 4 is 11.8 Å². The summed E-state index contributed by atoms with van der Waals surface area (Å²) in [6.07, 6.45) is 1.99. The first-order chi connectivity index (χ1) is 10.1. The van der Waals surface area contributed by atoms with E-state index in [0.29, 0.717) is 12.5 Å². The minimum atomic E-state index is -0.346. The van der Waals surface area contributed by atoms with Gasteiger partial charge in [-0.3, -0.25) is 5.32 Å².